The number of alkyl halides is 2. The van der Waals surface area contributed by atoms with Crippen molar-refractivity contribution in [2.45, 2.75) is 26.1 Å². The lowest BCUT2D eigenvalue weighted by Gasteiger charge is -2.12. The van der Waals surface area contributed by atoms with Crippen LogP contribution in [0, 0.1) is 4.77 Å². The van der Waals surface area contributed by atoms with Gasteiger partial charge in [0.15, 0.2) is 10.6 Å². The van der Waals surface area contributed by atoms with Crippen molar-refractivity contribution >= 4 is 45.4 Å². The Morgan fingerprint density at radius 2 is 2.25 bits per heavy atom. The second-order valence-electron chi connectivity index (χ2n) is 5.64. The van der Waals surface area contributed by atoms with Gasteiger partial charge in [0.25, 0.3) is 0 Å². The van der Waals surface area contributed by atoms with E-state index >= 15 is 0 Å². The molecule has 0 spiro atoms. The Hall–Kier alpha value is -2.11. The Labute approximate surface area is 176 Å². The zero-order valence-corrected chi connectivity index (χ0v) is 17.5. The predicted molar refractivity (Wildman–Crippen MR) is 108 cm³/mol. The largest absolute Gasteiger partial charge is 0.434 e. The average molecular weight is 489 g/mol. The standard InChI is InChI=1S/C17H15BrF2N4O2S2/c18-11-3-4-12(26-16(19)20)10(8-11)9-21-14(25)5-6-24-15(22-23-17(24)27)13-2-1-7-28-13/h1-4,7-8,16H,5-6,9H2,(H,21,25)(H,23,27). The first-order chi connectivity index (χ1) is 13.4. The van der Waals surface area contributed by atoms with Gasteiger partial charge < -0.3 is 10.1 Å². The number of hydrogen-bond acceptors (Lipinski definition) is 5. The number of ether oxygens (including phenoxy) is 1. The molecule has 3 rings (SSSR count). The van der Waals surface area contributed by atoms with Gasteiger partial charge in [-0.25, -0.2) is 0 Å². The van der Waals surface area contributed by atoms with Gasteiger partial charge in [-0.3, -0.25) is 14.5 Å². The van der Waals surface area contributed by atoms with Crippen molar-refractivity contribution in [3.05, 3.63) is 50.5 Å². The molecule has 2 aromatic heterocycles. The van der Waals surface area contributed by atoms with E-state index in [1.165, 1.54) is 17.4 Å². The lowest BCUT2D eigenvalue weighted by atomic mass is 10.2. The van der Waals surface area contributed by atoms with Crippen molar-refractivity contribution in [3.8, 4) is 16.5 Å². The minimum Gasteiger partial charge on any atom is -0.434 e. The summed E-state index contributed by atoms with van der Waals surface area (Å²) in [6.07, 6.45) is 0.158. The van der Waals surface area contributed by atoms with Crippen LogP contribution in [0.2, 0.25) is 0 Å². The SMILES string of the molecule is O=C(CCn1c(-c2cccs2)n[nH]c1=S)NCc1cc(Br)ccc1OC(F)F. The summed E-state index contributed by atoms with van der Waals surface area (Å²) in [7, 11) is 0. The third kappa shape index (κ3) is 5.24. The van der Waals surface area contributed by atoms with Crippen LogP contribution < -0.4 is 10.1 Å². The molecule has 0 bridgehead atoms. The monoisotopic (exact) mass is 488 g/mol. The topological polar surface area (TPSA) is 71.9 Å². The zero-order valence-electron chi connectivity index (χ0n) is 14.3. The van der Waals surface area contributed by atoms with Gasteiger partial charge in [0.1, 0.15) is 5.75 Å². The van der Waals surface area contributed by atoms with Crippen molar-refractivity contribution in [2.24, 2.45) is 0 Å². The fourth-order valence-corrected chi connectivity index (χ4v) is 3.87. The first kappa shape index (κ1) is 20.6. The number of H-pyrrole nitrogens is 1. The summed E-state index contributed by atoms with van der Waals surface area (Å²) in [6.45, 7) is -2.53. The number of nitrogens with zero attached hydrogens (tertiary/aromatic N) is 2. The highest BCUT2D eigenvalue weighted by Gasteiger charge is 2.13. The molecule has 0 radical (unpaired) electrons. The highest BCUT2D eigenvalue weighted by Crippen LogP contribution is 2.25. The molecule has 6 nitrogen and oxygen atoms in total. The normalized spacial score (nSPS) is 11.0. The van der Waals surface area contributed by atoms with Crippen LogP contribution in [0.3, 0.4) is 0 Å². The van der Waals surface area contributed by atoms with Crippen LogP contribution in [0.1, 0.15) is 12.0 Å². The molecule has 1 aromatic carbocycles. The van der Waals surface area contributed by atoms with Crippen molar-refractivity contribution in [1.29, 1.82) is 0 Å². The fraction of sp³-hybridized carbons (Fsp3) is 0.235. The van der Waals surface area contributed by atoms with Crippen molar-refractivity contribution in [3.63, 3.8) is 0 Å². The van der Waals surface area contributed by atoms with E-state index < -0.39 is 6.61 Å². The van der Waals surface area contributed by atoms with E-state index in [9.17, 15) is 13.6 Å². The van der Waals surface area contributed by atoms with E-state index in [0.29, 0.717) is 27.2 Å². The number of carbonyl (C=O) groups is 1. The van der Waals surface area contributed by atoms with E-state index in [2.05, 4.69) is 36.2 Å². The molecule has 1 amide bonds. The van der Waals surface area contributed by atoms with Crippen molar-refractivity contribution in [1.82, 2.24) is 20.1 Å². The lowest BCUT2D eigenvalue weighted by Crippen LogP contribution is -2.24. The van der Waals surface area contributed by atoms with Gasteiger partial charge in [-0.05, 0) is 41.9 Å². The van der Waals surface area contributed by atoms with Crippen LogP contribution in [0.5, 0.6) is 5.75 Å². The number of thiophene rings is 1. The van der Waals surface area contributed by atoms with Crippen LogP contribution >= 0.6 is 39.5 Å². The Morgan fingerprint density at radius 1 is 1.43 bits per heavy atom. The summed E-state index contributed by atoms with van der Waals surface area (Å²) >= 11 is 10.0. The molecule has 0 saturated carbocycles. The summed E-state index contributed by atoms with van der Waals surface area (Å²) in [4.78, 5) is 13.2. The van der Waals surface area contributed by atoms with Gasteiger partial charge >= 0.3 is 6.61 Å². The molecule has 0 atom stereocenters. The highest BCUT2D eigenvalue weighted by atomic mass is 79.9. The second-order valence-corrected chi connectivity index (χ2v) is 7.89. The molecule has 148 valence electrons. The maximum Gasteiger partial charge on any atom is 0.387 e. The molecule has 28 heavy (non-hydrogen) atoms. The minimum atomic E-state index is -2.94. The van der Waals surface area contributed by atoms with Gasteiger partial charge in [0, 0.05) is 29.5 Å². The smallest absolute Gasteiger partial charge is 0.387 e. The molecule has 2 N–H and O–H groups in total. The number of carbonyl (C=O) groups excluding carboxylic acids is 1. The van der Waals surface area contributed by atoms with E-state index in [0.717, 1.165) is 4.88 Å². The van der Waals surface area contributed by atoms with Gasteiger partial charge in [-0.2, -0.15) is 13.9 Å². The highest BCUT2D eigenvalue weighted by molar-refractivity contribution is 9.10. The molecule has 0 aliphatic heterocycles. The number of amides is 1. The summed E-state index contributed by atoms with van der Waals surface area (Å²) in [5, 5.41) is 11.6. The van der Waals surface area contributed by atoms with Gasteiger partial charge in [0.2, 0.25) is 5.91 Å². The van der Waals surface area contributed by atoms with Gasteiger partial charge in [-0.1, -0.05) is 22.0 Å². The maximum absolute atomic E-state index is 12.5. The molecule has 11 heteroatoms. The molecule has 0 unspecified atom stereocenters. The van der Waals surface area contributed by atoms with Gasteiger partial charge in [0.05, 0.1) is 4.88 Å². The number of rotatable bonds is 8. The van der Waals surface area contributed by atoms with Gasteiger partial charge in [-0.15, -0.1) is 11.3 Å². The Balaban J connectivity index is 1.62. The zero-order chi connectivity index (χ0) is 20.1. The molecule has 3 aromatic rings. The first-order valence-corrected chi connectivity index (χ1v) is 10.2. The molecular formula is C17H15BrF2N4O2S2. The number of hydrogen-bond donors (Lipinski definition) is 2. The predicted octanol–water partition coefficient (Wildman–Crippen LogP) is 4.74. The second kappa shape index (κ2) is 9.39. The van der Waals surface area contributed by atoms with Crippen LogP contribution in [-0.4, -0.2) is 27.3 Å². The number of halogens is 3. The number of aromatic amines is 1. The molecule has 0 aliphatic rings. The number of benzene rings is 1. The summed E-state index contributed by atoms with van der Waals surface area (Å²) in [5.74, 6) is 0.450. The number of nitrogens with one attached hydrogen (secondary N) is 2. The average Bonchev–Trinajstić information content (AvgIpc) is 3.29. The molecule has 0 aliphatic carbocycles. The lowest BCUT2D eigenvalue weighted by molar-refractivity contribution is -0.121. The van der Waals surface area contributed by atoms with Crippen LogP contribution in [0.4, 0.5) is 8.78 Å². The third-order valence-electron chi connectivity index (χ3n) is 3.78. The van der Waals surface area contributed by atoms with Crippen LogP contribution in [-0.2, 0) is 17.9 Å². The van der Waals surface area contributed by atoms with E-state index in [4.69, 9.17) is 12.2 Å². The summed E-state index contributed by atoms with van der Waals surface area (Å²) in [6, 6.07) is 8.47. The fourth-order valence-electron chi connectivity index (χ4n) is 2.51. The van der Waals surface area contributed by atoms with Crippen LogP contribution in [0.15, 0.2) is 40.2 Å². The molecule has 0 saturated heterocycles. The summed E-state index contributed by atoms with van der Waals surface area (Å²) in [5.41, 5.74) is 0.447. The van der Waals surface area contributed by atoms with E-state index in [1.54, 1.807) is 16.7 Å². The van der Waals surface area contributed by atoms with Crippen LogP contribution in [0.25, 0.3) is 10.7 Å². The summed E-state index contributed by atoms with van der Waals surface area (Å²) < 4.78 is 32.4. The third-order valence-corrected chi connectivity index (χ3v) is 5.45. The molecular weight excluding hydrogens is 474 g/mol. The molecule has 0 fully saturated rings. The first-order valence-electron chi connectivity index (χ1n) is 8.13. The Bertz CT molecular complexity index is 1010. The molecule has 2 heterocycles. The van der Waals surface area contributed by atoms with Crippen molar-refractivity contribution in [2.75, 3.05) is 0 Å². The number of aromatic nitrogens is 3. The quantitative estimate of drug-likeness (QED) is 0.449. The van der Waals surface area contributed by atoms with Crippen molar-refractivity contribution < 1.29 is 18.3 Å². The minimum absolute atomic E-state index is 0.0236. The maximum atomic E-state index is 12.5. The van der Waals surface area contributed by atoms with E-state index in [1.807, 2.05) is 17.5 Å². The Kier molecular flexibility index (Phi) is 6.92. The Morgan fingerprint density at radius 3 is 2.96 bits per heavy atom. The van der Waals surface area contributed by atoms with E-state index in [-0.39, 0.29) is 24.6 Å².